The lowest BCUT2D eigenvalue weighted by molar-refractivity contribution is -0.0811. The van der Waals surface area contributed by atoms with Gasteiger partial charge in [-0.2, -0.15) is 0 Å². The quantitative estimate of drug-likeness (QED) is 0.629. The normalized spacial score (nSPS) is 37.2. The van der Waals surface area contributed by atoms with E-state index in [9.17, 15) is 0 Å². The average molecular weight is 171 g/mol. The zero-order valence-corrected chi connectivity index (χ0v) is 8.71. The van der Waals surface area contributed by atoms with E-state index in [2.05, 4.69) is 32.8 Å². The van der Waals surface area contributed by atoms with Crippen LogP contribution in [0, 0.1) is 0 Å². The maximum Gasteiger partial charge on any atom is 0.0705 e. The first-order chi connectivity index (χ1) is 5.65. The van der Waals surface area contributed by atoms with E-state index >= 15 is 0 Å². The highest BCUT2D eigenvalue weighted by Gasteiger charge is 2.28. The van der Waals surface area contributed by atoms with Crippen molar-refractivity contribution in [3.8, 4) is 0 Å². The van der Waals surface area contributed by atoms with Gasteiger partial charge in [-0.15, -0.1) is 0 Å². The van der Waals surface area contributed by atoms with Crippen molar-refractivity contribution >= 4 is 0 Å². The minimum Gasteiger partial charge on any atom is -0.374 e. The van der Waals surface area contributed by atoms with Crippen molar-refractivity contribution in [1.29, 1.82) is 0 Å². The maximum atomic E-state index is 5.87. The topological polar surface area (TPSA) is 12.5 Å². The zero-order valence-electron chi connectivity index (χ0n) is 8.71. The van der Waals surface area contributed by atoms with E-state index in [1.165, 1.54) is 12.8 Å². The molecule has 1 saturated heterocycles. The summed E-state index contributed by atoms with van der Waals surface area (Å²) in [4.78, 5) is 2.27. The molecule has 0 spiro atoms. The first-order valence-corrected chi connectivity index (χ1v) is 4.97. The molecular formula is C10H21NO. The summed E-state index contributed by atoms with van der Waals surface area (Å²) in [6, 6.07) is 0.618. The molecule has 0 bridgehead atoms. The van der Waals surface area contributed by atoms with Gasteiger partial charge in [-0.3, -0.25) is 0 Å². The van der Waals surface area contributed by atoms with Crippen molar-refractivity contribution in [2.45, 2.75) is 51.4 Å². The largest absolute Gasteiger partial charge is 0.374 e. The molecule has 0 amide bonds. The van der Waals surface area contributed by atoms with Gasteiger partial charge in [0.1, 0.15) is 0 Å². The Labute approximate surface area is 75.9 Å². The summed E-state index contributed by atoms with van der Waals surface area (Å²) in [5.41, 5.74) is 0. The van der Waals surface area contributed by atoms with Gasteiger partial charge in [-0.1, -0.05) is 6.92 Å². The summed E-state index contributed by atoms with van der Waals surface area (Å²) >= 11 is 0. The van der Waals surface area contributed by atoms with E-state index in [0.29, 0.717) is 18.2 Å². The Morgan fingerprint density at radius 2 is 2.00 bits per heavy atom. The molecule has 1 aliphatic rings. The van der Waals surface area contributed by atoms with E-state index in [0.717, 1.165) is 6.42 Å². The van der Waals surface area contributed by atoms with Crippen LogP contribution in [0.4, 0.5) is 0 Å². The van der Waals surface area contributed by atoms with Crippen molar-refractivity contribution in [2.75, 3.05) is 14.1 Å². The smallest absolute Gasteiger partial charge is 0.0705 e. The standard InChI is InChI=1S/C10H21NO/c1-5-9-6-7-10(11(3)4)8(2)12-9/h8-10H,5-7H2,1-4H3. The second-order valence-corrected chi connectivity index (χ2v) is 3.98. The van der Waals surface area contributed by atoms with Crippen molar-refractivity contribution in [1.82, 2.24) is 4.90 Å². The molecule has 3 unspecified atom stereocenters. The predicted molar refractivity (Wildman–Crippen MR) is 51.3 cm³/mol. The molecule has 1 rings (SSSR count). The number of hydrogen-bond donors (Lipinski definition) is 0. The fourth-order valence-electron chi connectivity index (χ4n) is 2.03. The third kappa shape index (κ3) is 2.20. The van der Waals surface area contributed by atoms with Crippen LogP contribution in [0.3, 0.4) is 0 Å². The summed E-state index contributed by atoms with van der Waals surface area (Å²) < 4.78 is 5.87. The van der Waals surface area contributed by atoms with Gasteiger partial charge in [0.2, 0.25) is 0 Å². The molecule has 72 valence electrons. The summed E-state index contributed by atoms with van der Waals surface area (Å²) in [6.07, 6.45) is 4.58. The average Bonchev–Trinajstić information content (AvgIpc) is 2.03. The van der Waals surface area contributed by atoms with Crippen LogP contribution in [-0.4, -0.2) is 37.2 Å². The second kappa shape index (κ2) is 4.24. The van der Waals surface area contributed by atoms with E-state index in [1.54, 1.807) is 0 Å². The van der Waals surface area contributed by atoms with Crippen LogP contribution < -0.4 is 0 Å². The SMILES string of the molecule is CCC1CCC(N(C)C)C(C)O1. The van der Waals surface area contributed by atoms with Crippen molar-refractivity contribution in [2.24, 2.45) is 0 Å². The lowest BCUT2D eigenvalue weighted by Gasteiger charge is -2.37. The van der Waals surface area contributed by atoms with Gasteiger partial charge in [0.05, 0.1) is 12.2 Å². The van der Waals surface area contributed by atoms with E-state index in [1.807, 2.05) is 0 Å². The van der Waals surface area contributed by atoms with Crippen LogP contribution in [0.2, 0.25) is 0 Å². The fourth-order valence-corrected chi connectivity index (χ4v) is 2.03. The number of nitrogens with zero attached hydrogens (tertiary/aromatic N) is 1. The second-order valence-electron chi connectivity index (χ2n) is 3.98. The number of likely N-dealkylation sites (N-methyl/N-ethyl adjacent to an activating group) is 1. The van der Waals surface area contributed by atoms with Crippen LogP contribution in [0.1, 0.15) is 33.1 Å². The molecule has 0 aromatic heterocycles. The number of rotatable bonds is 2. The third-order valence-electron chi connectivity index (χ3n) is 2.85. The maximum absolute atomic E-state index is 5.87. The van der Waals surface area contributed by atoms with Gasteiger partial charge >= 0.3 is 0 Å². The Bertz CT molecular complexity index is 136. The van der Waals surface area contributed by atoms with E-state index < -0.39 is 0 Å². The van der Waals surface area contributed by atoms with Crippen LogP contribution in [-0.2, 0) is 4.74 Å². The number of hydrogen-bond acceptors (Lipinski definition) is 2. The van der Waals surface area contributed by atoms with Gasteiger partial charge < -0.3 is 9.64 Å². The minimum atomic E-state index is 0.402. The van der Waals surface area contributed by atoms with Gasteiger partial charge in [-0.05, 0) is 40.3 Å². The van der Waals surface area contributed by atoms with E-state index in [-0.39, 0.29) is 0 Å². The molecule has 0 aromatic rings. The third-order valence-corrected chi connectivity index (χ3v) is 2.85. The van der Waals surface area contributed by atoms with Crippen LogP contribution in [0.25, 0.3) is 0 Å². The molecule has 1 fully saturated rings. The molecule has 2 nitrogen and oxygen atoms in total. The summed E-state index contributed by atoms with van der Waals surface area (Å²) in [7, 11) is 4.27. The molecule has 0 aliphatic carbocycles. The highest BCUT2D eigenvalue weighted by molar-refractivity contribution is 4.80. The van der Waals surface area contributed by atoms with Crippen LogP contribution in [0.5, 0.6) is 0 Å². The van der Waals surface area contributed by atoms with Gasteiger partial charge in [0, 0.05) is 6.04 Å². The molecule has 0 radical (unpaired) electrons. The lowest BCUT2D eigenvalue weighted by Crippen LogP contribution is -2.44. The number of ether oxygens (including phenoxy) is 1. The summed E-state index contributed by atoms with van der Waals surface area (Å²) in [5, 5.41) is 0. The first-order valence-electron chi connectivity index (χ1n) is 4.97. The monoisotopic (exact) mass is 171 g/mol. The molecule has 2 heteroatoms. The lowest BCUT2D eigenvalue weighted by atomic mass is 9.97. The highest BCUT2D eigenvalue weighted by atomic mass is 16.5. The molecule has 1 heterocycles. The molecule has 12 heavy (non-hydrogen) atoms. The molecule has 0 N–H and O–H groups in total. The van der Waals surface area contributed by atoms with Crippen LogP contribution in [0.15, 0.2) is 0 Å². The molecule has 3 atom stereocenters. The Balaban J connectivity index is 2.42. The van der Waals surface area contributed by atoms with Gasteiger partial charge in [-0.25, -0.2) is 0 Å². The summed E-state index contributed by atoms with van der Waals surface area (Å²) in [6.45, 7) is 4.39. The molecular weight excluding hydrogens is 150 g/mol. The Morgan fingerprint density at radius 1 is 1.33 bits per heavy atom. The molecule has 0 aromatic carbocycles. The highest BCUT2D eigenvalue weighted by Crippen LogP contribution is 2.23. The zero-order chi connectivity index (χ0) is 9.14. The van der Waals surface area contributed by atoms with Gasteiger partial charge in [0.25, 0.3) is 0 Å². The van der Waals surface area contributed by atoms with Crippen molar-refractivity contribution in [3.05, 3.63) is 0 Å². The first kappa shape index (κ1) is 10.0. The van der Waals surface area contributed by atoms with E-state index in [4.69, 9.17) is 4.74 Å². The van der Waals surface area contributed by atoms with Gasteiger partial charge in [0.15, 0.2) is 0 Å². The predicted octanol–water partition coefficient (Wildman–Crippen LogP) is 1.89. The summed E-state index contributed by atoms with van der Waals surface area (Å²) in [5.74, 6) is 0. The van der Waals surface area contributed by atoms with Crippen molar-refractivity contribution in [3.63, 3.8) is 0 Å². The molecule has 0 saturated carbocycles. The Morgan fingerprint density at radius 3 is 2.42 bits per heavy atom. The van der Waals surface area contributed by atoms with Crippen molar-refractivity contribution < 1.29 is 4.74 Å². The Hall–Kier alpha value is -0.0800. The Kier molecular flexibility index (Phi) is 3.53. The van der Waals surface area contributed by atoms with Crippen LogP contribution >= 0.6 is 0 Å². The fraction of sp³-hybridized carbons (Fsp3) is 1.00. The molecule has 1 aliphatic heterocycles. The minimum absolute atomic E-state index is 0.402.